The second-order valence-electron chi connectivity index (χ2n) is 24.3. The molecule has 0 N–H and O–H groups in total. The third-order valence-corrected chi connectivity index (χ3v) is 23.5. The summed E-state index contributed by atoms with van der Waals surface area (Å²) in [5, 5.41) is -1.86. The van der Waals surface area contributed by atoms with E-state index in [0.29, 0.717) is 93.9 Å². The van der Waals surface area contributed by atoms with E-state index in [1.165, 1.54) is 38.6 Å². The van der Waals surface area contributed by atoms with E-state index >= 15 is 0 Å². The van der Waals surface area contributed by atoms with Crippen molar-refractivity contribution in [3.8, 4) is 11.5 Å². The fourth-order valence-electron chi connectivity index (χ4n) is 12.9. The van der Waals surface area contributed by atoms with Crippen molar-refractivity contribution >= 4 is 102 Å². The summed E-state index contributed by atoms with van der Waals surface area (Å²) in [4.78, 5) is 75.1. The number of carbonyl (C=O) groups is 5. The van der Waals surface area contributed by atoms with Crippen LogP contribution >= 0.6 is 33.3 Å². The van der Waals surface area contributed by atoms with Crippen molar-refractivity contribution < 1.29 is 64.8 Å². The first kappa shape index (κ1) is 67.6. The minimum absolute atomic E-state index is 0.00733. The Kier molecular flexibility index (Phi) is 22.5. The summed E-state index contributed by atoms with van der Waals surface area (Å²) in [6, 6.07) is 30.5. The smallest absolute Gasteiger partial charge is 0.277 e. The maximum Gasteiger partial charge on any atom is 0.277 e. The predicted octanol–water partition coefficient (Wildman–Crippen LogP) is 9.91. The van der Waals surface area contributed by atoms with E-state index in [1.807, 2.05) is 57.8 Å². The van der Waals surface area contributed by atoms with Crippen LogP contribution in [0.4, 0.5) is 22.7 Å². The Morgan fingerprint density at radius 1 is 0.802 bits per heavy atom. The highest BCUT2D eigenvalue weighted by Gasteiger charge is 2.41. The van der Waals surface area contributed by atoms with Crippen LogP contribution in [0.5, 0.6) is 11.5 Å². The van der Waals surface area contributed by atoms with E-state index in [1.54, 1.807) is 37.3 Å². The number of hydrogen-bond donors (Lipinski definition) is 0. The molecule has 5 aliphatic rings. The molecule has 2 unspecified atom stereocenters. The number of anilines is 3. The zero-order chi connectivity index (χ0) is 64.6. The highest BCUT2D eigenvalue weighted by atomic mass is 33.1. The SMILES string of the molecule is COCCOCCOCCN(CC(C)(C)SSCCC(C(=O)CCCN1C(=O)CC(SC)C1=O)S(=O)(=O)OC)c1cc(CCc2cc3c(cc2C)C(=O)N2c4ccccc4C[C@H]2CC3)cc(COc2cc3c(cc2OC)C(=O)N2c4ccccc4C[C@H]2[C-]=[N+]3C)c1. The molecule has 0 bridgehead atoms. The molecule has 1 saturated heterocycles. The average molecular weight is 1320 g/mol. The van der Waals surface area contributed by atoms with Crippen molar-refractivity contribution in [3.63, 3.8) is 0 Å². The quantitative estimate of drug-likeness (QED) is 0.00986. The molecule has 486 valence electrons. The number of likely N-dealkylation sites (tertiary alicyclic amines) is 1. The zero-order valence-corrected chi connectivity index (χ0v) is 56.6. The highest BCUT2D eigenvalue weighted by Crippen LogP contribution is 2.43. The number of hydrogen-bond acceptors (Lipinski definition) is 17. The Balaban J connectivity index is 0.904. The van der Waals surface area contributed by atoms with E-state index in [2.05, 4.69) is 80.4 Å². The van der Waals surface area contributed by atoms with Crippen LogP contribution in [0, 0.1) is 6.92 Å². The Morgan fingerprint density at radius 3 is 2.23 bits per heavy atom. The van der Waals surface area contributed by atoms with Crippen LogP contribution in [0.3, 0.4) is 0 Å². The summed E-state index contributed by atoms with van der Waals surface area (Å²) in [6.45, 7) is 9.68. The minimum Gasteiger partial charge on any atom is -0.493 e. The van der Waals surface area contributed by atoms with Gasteiger partial charge in [0.15, 0.2) is 11.5 Å². The number of benzene rings is 5. The van der Waals surface area contributed by atoms with Gasteiger partial charge >= 0.3 is 0 Å². The molecule has 0 aromatic heterocycles. The minimum atomic E-state index is -4.25. The van der Waals surface area contributed by atoms with Crippen molar-refractivity contribution in [1.29, 1.82) is 0 Å². The molecule has 1 fully saturated rings. The predicted molar refractivity (Wildman–Crippen MR) is 360 cm³/mol. The molecule has 4 atom stereocenters. The number of methoxy groups -OCH3 is 2. The Bertz CT molecular complexity index is 3670. The fourth-order valence-corrected chi connectivity index (χ4v) is 17.4. The lowest BCUT2D eigenvalue weighted by atomic mass is 9.92. The molecule has 18 nitrogen and oxygen atoms in total. The van der Waals surface area contributed by atoms with Crippen molar-refractivity contribution in [2.75, 3.05) is 108 Å². The van der Waals surface area contributed by atoms with Crippen molar-refractivity contribution in [1.82, 2.24) is 4.90 Å². The van der Waals surface area contributed by atoms with Gasteiger partial charge < -0.3 is 43.0 Å². The average Bonchev–Trinajstić information content (AvgIpc) is 1.73. The van der Waals surface area contributed by atoms with E-state index in [-0.39, 0.29) is 74.5 Å². The van der Waals surface area contributed by atoms with Crippen LogP contribution in [0.2, 0.25) is 0 Å². The molecule has 5 aromatic carbocycles. The second kappa shape index (κ2) is 30.2. The molecule has 5 aromatic rings. The van der Waals surface area contributed by atoms with Crippen LogP contribution in [-0.2, 0) is 81.6 Å². The number of ether oxygens (including phenoxy) is 5. The summed E-state index contributed by atoms with van der Waals surface area (Å²) in [7, 11) is 4.99. The number of imide groups is 1. The number of nitrogens with zero attached hydrogens (tertiary/aromatic N) is 5. The molecule has 0 spiro atoms. The van der Waals surface area contributed by atoms with E-state index in [0.717, 1.165) is 76.8 Å². The molecular formula is C69H83N5O13S4. The largest absolute Gasteiger partial charge is 0.493 e. The number of Topliss-reactive ketones (excluding diaryl/α,β-unsaturated/α-hetero) is 1. The van der Waals surface area contributed by atoms with Gasteiger partial charge in [0.05, 0.1) is 58.2 Å². The van der Waals surface area contributed by atoms with Gasteiger partial charge in [0, 0.05) is 96.6 Å². The number of rotatable bonds is 32. The van der Waals surface area contributed by atoms with Crippen LogP contribution < -0.4 is 24.2 Å². The monoisotopic (exact) mass is 1320 g/mol. The molecular weight excluding hydrogens is 1240 g/mol. The van der Waals surface area contributed by atoms with Crippen molar-refractivity contribution in [2.45, 2.75) is 119 Å². The molecule has 22 heteroatoms. The Labute approximate surface area is 547 Å². The number of fused-ring (bicyclic) bond motifs is 8. The maximum atomic E-state index is 14.5. The Hall–Kier alpha value is -6.24. The van der Waals surface area contributed by atoms with Gasteiger partial charge in [-0.1, -0.05) is 70.1 Å². The van der Waals surface area contributed by atoms with Gasteiger partial charge in [-0.05, 0) is 160 Å². The highest BCUT2D eigenvalue weighted by molar-refractivity contribution is 8.77. The van der Waals surface area contributed by atoms with Crippen LogP contribution in [0.25, 0.3) is 0 Å². The van der Waals surface area contributed by atoms with Gasteiger partial charge in [-0.15, -0.1) is 0 Å². The molecule has 0 aliphatic carbocycles. The molecule has 91 heavy (non-hydrogen) atoms. The van der Waals surface area contributed by atoms with Crippen molar-refractivity contribution in [2.24, 2.45) is 0 Å². The summed E-state index contributed by atoms with van der Waals surface area (Å²) in [6.07, 6.45) is 10.0. The first-order valence-corrected chi connectivity index (χ1v) is 36.2. The number of carbonyl (C=O) groups excluding carboxylic acids is 5. The van der Waals surface area contributed by atoms with Crippen molar-refractivity contribution in [3.05, 3.63) is 141 Å². The standard InChI is InChI=1S/C69H83N5O13S4/c1-45-32-55-49(21-22-52-37-50-14-9-11-16-57(50)73(52)66(55)77)36-48(45)20-19-46-33-47(43-87-62-40-59-56(39-61(62)83-6)67(78)74-54(42-70(59)4)38-51-15-10-12-17-58(51)74)35-53(34-46)71(25-26-85-29-30-86-28-27-82-5)44-69(2,3)90-89-31-23-64(91(80,81)84-7)60(75)18-13-24-72-65(76)41-63(88-8)68(72)79/h9-12,14-17,32-36,39-40,52,54,63-64H,13,18-31,37-38,41,43-44H2,1-8H3/t52-,54+,63?,64?/m1/s1. The van der Waals surface area contributed by atoms with Gasteiger partial charge in [0.25, 0.3) is 16.0 Å². The maximum absolute atomic E-state index is 14.5. The van der Waals surface area contributed by atoms with Gasteiger partial charge in [0.2, 0.25) is 17.7 Å². The number of amides is 4. The zero-order valence-electron chi connectivity index (χ0n) is 53.3. The summed E-state index contributed by atoms with van der Waals surface area (Å²) in [5.74, 6) is 0.0205. The van der Waals surface area contributed by atoms with Crippen LogP contribution in [0.1, 0.15) is 106 Å². The number of thioether (sulfide) groups is 1. The van der Waals surface area contributed by atoms with Crippen LogP contribution in [-0.4, -0.2) is 174 Å². The lowest BCUT2D eigenvalue weighted by Gasteiger charge is -2.34. The lowest BCUT2D eigenvalue weighted by Crippen LogP contribution is -2.38. The molecule has 0 saturated carbocycles. The van der Waals surface area contributed by atoms with Gasteiger partial charge in [-0.25, -0.2) is 0 Å². The summed E-state index contributed by atoms with van der Waals surface area (Å²) >= 11 is 1.31. The first-order chi connectivity index (χ1) is 43.8. The molecule has 5 aliphatic heterocycles. The first-order valence-electron chi connectivity index (χ1n) is 31.1. The topological polar surface area (TPSA) is 191 Å². The molecule has 5 heterocycles. The second-order valence-corrected chi connectivity index (χ2v) is 30.3. The molecule has 0 radical (unpaired) electrons. The third kappa shape index (κ3) is 15.7. The normalized spacial score (nSPS) is 18.0. The lowest BCUT2D eigenvalue weighted by molar-refractivity contribution is -0.401. The number of ketones is 1. The van der Waals surface area contributed by atoms with E-state index in [9.17, 15) is 32.4 Å². The van der Waals surface area contributed by atoms with Gasteiger partial charge in [0.1, 0.15) is 24.7 Å². The third-order valence-electron chi connectivity index (χ3n) is 17.6. The van der Waals surface area contributed by atoms with E-state index < -0.39 is 31.1 Å². The van der Waals surface area contributed by atoms with Gasteiger partial charge in [-0.3, -0.25) is 33.1 Å². The van der Waals surface area contributed by atoms with Gasteiger partial charge in [-0.2, -0.15) is 20.2 Å². The molecule has 4 amide bonds. The Morgan fingerprint density at radius 2 is 1.51 bits per heavy atom. The molecule has 10 rings (SSSR count). The summed E-state index contributed by atoms with van der Waals surface area (Å²) < 4.78 is 62.7. The number of para-hydroxylation sites is 2. The van der Waals surface area contributed by atoms with E-state index in [4.69, 9.17) is 27.9 Å². The summed E-state index contributed by atoms with van der Waals surface area (Å²) in [5.41, 5.74) is 12.3. The number of aryl methyl sites for hydroxylation is 4. The van der Waals surface area contributed by atoms with Crippen LogP contribution in [0.15, 0.2) is 91.0 Å². The fraction of sp³-hybridized carbons (Fsp3) is 0.478.